The van der Waals surface area contributed by atoms with Crippen LogP contribution in [-0.4, -0.2) is 18.0 Å². The first-order valence-electron chi connectivity index (χ1n) is 6.84. The molecule has 1 heterocycles. The number of benzene rings is 1. The van der Waals surface area contributed by atoms with Crippen LogP contribution in [0.4, 0.5) is 5.69 Å². The molecule has 0 unspecified atom stereocenters. The molecule has 0 saturated carbocycles. The maximum Gasteiger partial charge on any atom is 0.271 e. The van der Waals surface area contributed by atoms with Gasteiger partial charge in [-0.15, -0.1) is 11.3 Å². The van der Waals surface area contributed by atoms with Gasteiger partial charge in [0.1, 0.15) is 0 Å². The van der Waals surface area contributed by atoms with Gasteiger partial charge in [-0.25, -0.2) is 5.43 Å². The Kier molecular flexibility index (Phi) is 5.43. The number of hydrazone groups is 1. The molecule has 22 heavy (non-hydrogen) atoms. The summed E-state index contributed by atoms with van der Waals surface area (Å²) in [5.41, 5.74) is 3.61. The van der Waals surface area contributed by atoms with Gasteiger partial charge in [-0.3, -0.25) is 9.59 Å². The lowest BCUT2D eigenvalue weighted by atomic mass is 10.1. The smallest absolute Gasteiger partial charge is 0.271 e. The molecular weight excluding hydrogens is 298 g/mol. The minimum Gasteiger partial charge on any atom is -0.326 e. The minimum atomic E-state index is -0.297. The number of hydrogen-bond acceptors (Lipinski definition) is 4. The lowest BCUT2D eigenvalue weighted by Gasteiger charge is -2.08. The zero-order valence-corrected chi connectivity index (χ0v) is 13.2. The first kappa shape index (κ1) is 15.9. The van der Waals surface area contributed by atoms with E-state index in [1.807, 2.05) is 31.4 Å². The summed E-state index contributed by atoms with van der Waals surface area (Å²) >= 11 is 1.54. The Morgan fingerprint density at radius 1 is 1.18 bits per heavy atom. The minimum absolute atomic E-state index is 0.0576. The van der Waals surface area contributed by atoms with Crippen molar-refractivity contribution in [3.63, 3.8) is 0 Å². The third kappa shape index (κ3) is 4.53. The first-order valence-corrected chi connectivity index (χ1v) is 7.72. The molecule has 0 saturated heterocycles. The summed E-state index contributed by atoms with van der Waals surface area (Å²) in [5.74, 6) is -0.443. The molecule has 0 atom stereocenters. The lowest BCUT2D eigenvalue weighted by Crippen LogP contribution is -2.19. The van der Waals surface area contributed by atoms with E-state index >= 15 is 0 Å². The molecule has 1 aromatic carbocycles. The van der Waals surface area contributed by atoms with Crippen molar-refractivity contribution in [1.82, 2.24) is 5.43 Å². The van der Waals surface area contributed by atoms with E-state index in [2.05, 4.69) is 15.8 Å². The van der Waals surface area contributed by atoms with Gasteiger partial charge in [-0.05, 0) is 35.7 Å². The van der Waals surface area contributed by atoms with Crippen LogP contribution in [0.1, 0.15) is 29.1 Å². The Bertz CT molecular complexity index is 661. The predicted molar refractivity (Wildman–Crippen MR) is 89.3 cm³/mol. The molecular formula is C16H17N3O2S. The number of hydrogen-bond donors (Lipinski definition) is 2. The number of nitrogens with one attached hydrogen (secondary N) is 2. The highest BCUT2D eigenvalue weighted by Gasteiger charge is 2.08. The summed E-state index contributed by atoms with van der Waals surface area (Å²) in [6, 6.07) is 10.5. The third-order valence-electron chi connectivity index (χ3n) is 2.84. The molecule has 2 N–H and O–H groups in total. The Morgan fingerprint density at radius 3 is 2.50 bits per heavy atom. The zero-order valence-electron chi connectivity index (χ0n) is 12.4. The second-order valence-electron chi connectivity index (χ2n) is 4.94. The molecule has 0 aliphatic rings. The summed E-state index contributed by atoms with van der Waals surface area (Å²) in [7, 11) is 0. The number of rotatable bonds is 5. The predicted octanol–water partition coefficient (Wildman–Crippen LogP) is 3.11. The summed E-state index contributed by atoms with van der Waals surface area (Å²) < 4.78 is 0. The van der Waals surface area contributed by atoms with E-state index in [9.17, 15) is 9.59 Å². The average Bonchev–Trinajstić information content (AvgIpc) is 3.01. The summed E-state index contributed by atoms with van der Waals surface area (Å²) in [6.07, 6.45) is 1.60. The molecule has 0 aliphatic heterocycles. The quantitative estimate of drug-likeness (QED) is 0.657. The third-order valence-corrected chi connectivity index (χ3v) is 3.65. The van der Waals surface area contributed by atoms with E-state index in [4.69, 9.17) is 0 Å². The van der Waals surface area contributed by atoms with Crippen LogP contribution in [0, 0.1) is 5.92 Å². The second kappa shape index (κ2) is 7.51. The maximum absolute atomic E-state index is 11.9. The van der Waals surface area contributed by atoms with Crippen LogP contribution >= 0.6 is 11.3 Å². The standard InChI is InChI=1S/C16H17N3O2S/c1-11(2)15(20)18-13-7-5-12(6-8-13)16(21)19-17-10-14-4-3-9-22-14/h3-11H,1-2H3,(H,18,20)(H,19,21). The monoisotopic (exact) mass is 315 g/mol. The molecule has 2 aromatic rings. The van der Waals surface area contributed by atoms with Crippen molar-refractivity contribution in [3.8, 4) is 0 Å². The van der Waals surface area contributed by atoms with Crippen molar-refractivity contribution >= 4 is 35.1 Å². The highest BCUT2D eigenvalue weighted by Crippen LogP contribution is 2.11. The number of nitrogens with zero attached hydrogens (tertiary/aromatic N) is 1. The second-order valence-corrected chi connectivity index (χ2v) is 5.92. The topological polar surface area (TPSA) is 70.6 Å². The van der Waals surface area contributed by atoms with Crippen LogP contribution in [0.25, 0.3) is 0 Å². The van der Waals surface area contributed by atoms with Gasteiger partial charge in [-0.1, -0.05) is 19.9 Å². The number of thiophene rings is 1. The highest BCUT2D eigenvalue weighted by molar-refractivity contribution is 7.11. The van der Waals surface area contributed by atoms with Crippen LogP contribution in [0.15, 0.2) is 46.9 Å². The fourth-order valence-electron chi connectivity index (χ4n) is 1.58. The van der Waals surface area contributed by atoms with Crippen molar-refractivity contribution < 1.29 is 9.59 Å². The molecule has 0 bridgehead atoms. The lowest BCUT2D eigenvalue weighted by molar-refractivity contribution is -0.118. The molecule has 5 nitrogen and oxygen atoms in total. The van der Waals surface area contributed by atoms with Gasteiger partial charge in [0.05, 0.1) is 6.21 Å². The first-order chi connectivity index (χ1) is 10.6. The van der Waals surface area contributed by atoms with Crippen LogP contribution in [0.2, 0.25) is 0 Å². The van der Waals surface area contributed by atoms with Crippen molar-refractivity contribution in [3.05, 3.63) is 52.2 Å². The van der Waals surface area contributed by atoms with Gasteiger partial charge in [0.15, 0.2) is 0 Å². The van der Waals surface area contributed by atoms with Crippen LogP contribution in [-0.2, 0) is 4.79 Å². The van der Waals surface area contributed by atoms with Gasteiger partial charge in [0.2, 0.25) is 5.91 Å². The average molecular weight is 315 g/mol. The molecule has 0 aliphatic carbocycles. The van der Waals surface area contributed by atoms with Crippen molar-refractivity contribution in [1.29, 1.82) is 0 Å². The Morgan fingerprint density at radius 2 is 1.91 bits per heavy atom. The van der Waals surface area contributed by atoms with Gasteiger partial charge < -0.3 is 5.32 Å². The number of carbonyl (C=O) groups is 2. The fourth-order valence-corrected chi connectivity index (χ4v) is 2.16. The summed E-state index contributed by atoms with van der Waals surface area (Å²) in [5, 5.41) is 8.61. The maximum atomic E-state index is 11.9. The van der Waals surface area contributed by atoms with Gasteiger partial charge in [0.25, 0.3) is 5.91 Å². The largest absolute Gasteiger partial charge is 0.326 e. The van der Waals surface area contributed by atoms with Crippen LogP contribution in [0.3, 0.4) is 0 Å². The molecule has 0 radical (unpaired) electrons. The van der Waals surface area contributed by atoms with Crippen molar-refractivity contribution in [2.45, 2.75) is 13.8 Å². The number of anilines is 1. The van der Waals surface area contributed by atoms with Crippen LogP contribution in [0.5, 0.6) is 0 Å². The molecule has 2 rings (SSSR count). The molecule has 1 aromatic heterocycles. The number of amides is 2. The Hall–Kier alpha value is -2.47. The van der Waals surface area contributed by atoms with Crippen molar-refractivity contribution in [2.75, 3.05) is 5.32 Å². The molecule has 6 heteroatoms. The zero-order chi connectivity index (χ0) is 15.9. The molecule has 0 spiro atoms. The summed E-state index contributed by atoms with van der Waals surface area (Å²) in [6.45, 7) is 3.64. The van der Waals surface area contributed by atoms with E-state index in [1.54, 1.807) is 30.5 Å². The van der Waals surface area contributed by atoms with Crippen LogP contribution < -0.4 is 10.7 Å². The van der Waals surface area contributed by atoms with Gasteiger partial charge in [-0.2, -0.15) is 5.10 Å². The van der Waals surface area contributed by atoms with Gasteiger partial charge in [0, 0.05) is 22.0 Å². The highest BCUT2D eigenvalue weighted by atomic mass is 32.1. The SMILES string of the molecule is CC(C)C(=O)Nc1ccc(C(=O)NN=Cc2cccs2)cc1. The van der Waals surface area contributed by atoms with E-state index in [0.29, 0.717) is 11.3 Å². The van der Waals surface area contributed by atoms with Gasteiger partial charge >= 0.3 is 0 Å². The molecule has 114 valence electrons. The van der Waals surface area contributed by atoms with E-state index < -0.39 is 0 Å². The Balaban J connectivity index is 1.92. The molecule has 0 fully saturated rings. The molecule has 2 amide bonds. The summed E-state index contributed by atoms with van der Waals surface area (Å²) in [4.78, 5) is 24.4. The van der Waals surface area contributed by atoms with E-state index in [-0.39, 0.29) is 17.7 Å². The Labute approximate surface area is 133 Å². The van der Waals surface area contributed by atoms with E-state index in [0.717, 1.165) is 4.88 Å². The normalized spacial score (nSPS) is 10.9. The fraction of sp³-hybridized carbons (Fsp3) is 0.188. The number of carbonyl (C=O) groups excluding carboxylic acids is 2. The van der Waals surface area contributed by atoms with Crippen molar-refractivity contribution in [2.24, 2.45) is 11.0 Å². The van der Waals surface area contributed by atoms with E-state index in [1.165, 1.54) is 11.3 Å².